The third-order valence-electron chi connectivity index (χ3n) is 6.13. The molecule has 0 heterocycles. The first kappa shape index (κ1) is 24.9. The zero-order valence-corrected chi connectivity index (χ0v) is 21.2. The summed E-state index contributed by atoms with van der Waals surface area (Å²) >= 11 is 0. The molecule has 0 bridgehead atoms. The van der Waals surface area contributed by atoms with Crippen LogP contribution in [-0.4, -0.2) is 27.4 Å². The minimum absolute atomic E-state index is 0.00520. The Kier molecular flexibility index (Phi) is 9.04. The summed E-state index contributed by atoms with van der Waals surface area (Å²) < 4.78 is 6.94. The predicted molar refractivity (Wildman–Crippen MR) is 141 cm³/mol. The Bertz CT molecular complexity index is 929. The zero-order valence-electron chi connectivity index (χ0n) is 20.2. The molecule has 0 radical (unpaired) electrons. The van der Waals surface area contributed by atoms with Crippen molar-refractivity contribution in [3.63, 3.8) is 0 Å². The summed E-state index contributed by atoms with van der Waals surface area (Å²) in [4.78, 5) is 12.1. The predicted octanol–water partition coefficient (Wildman–Crippen LogP) is 5.55. The van der Waals surface area contributed by atoms with Crippen molar-refractivity contribution in [3.8, 4) is 0 Å². The van der Waals surface area contributed by atoms with E-state index in [1.165, 1.54) is 10.4 Å². The number of rotatable bonds is 11. The van der Waals surface area contributed by atoms with E-state index in [1.807, 2.05) is 30.3 Å². The molecule has 1 amide bonds. The van der Waals surface area contributed by atoms with Gasteiger partial charge in [-0.1, -0.05) is 112 Å². The van der Waals surface area contributed by atoms with Crippen LogP contribution in [0.25, 0.3) is 0 Å². The summed E-state index contributed by atoms with van der Waals surface area (Å²) in [5, 5.41) is 5.68. The minimum atomic E-state index is -2.43. The van der Waals surface area contributed by atoms with E-state index in [0.717, 1.165) is 37.9 Å². The zero-order chi connectivity index (χ0) is 23.6. The molecule has 3 aromatic carbocycles. The molecule has 4 heteroatoms. The molecule has 0 atom stereocenters. The van der Waals surface area contributed by atoms with Crippen molar-refractivity contribution in [1.82, 2.24) is 5.32 Å². The van der Waals surface area contributed by atoms with Gasteiger partial charge in [-0.25, -0.2) is 0 Å². The van der Waals surface area contributed by atoms with E-state index in [4.69, 9.17) is 4.43 Å². The topological polar surface area (TPSA) is 38.3 Å². The molecule has 0 aliphatic rings. The van der Waals surface area contributed by atoms with Crippen LogP contribution in [0.1, 0.15) is 56.8 Å². The number of amides is 1. The Balaban J connectivity index is 1.54. The molecule has 174 valence electrons. The van der Waals surface area contributed by atoms with Crippen LogP contribution in [0, 0.1) is 0 Å². The molecular formula is C29H37NO2Si. The van der Waals surface area contributed by atoms with Gasteiger partial charge >= 0.3 is 0 Å². The lowest BCUT2D eigenvalue weighted by Crippen LogP contribution is -2.66. The monoisotopic (exact) mass is 459 g/mol. The highest BCUT2D eigenvalue weighted by atomic mass is 28.4. The number of carbonyl (C=O) groups excluding carboxylic acids is 1. The normalized spacial score (nSPS) is 11.8. The molecule has 0 unspecified atom stereocenters. The van der Waals surface area contributed by atoms with Crippen molar-refractivity contribution in [3.05, 3.63) is 96.6 Å². The second-order valence-electron chi connectivity index (χ2n) is 9.55. The van der Waals surface area contributed by atoms with Gasteiger partial charge in [-0.15, -0.1) is 0 Å². The summed E-state index contributed by atoms with van der Waals surface area (Å²) in [6.45, 7) is 8.41. The summed E-state index contributed by atoms with van der Waals surface area (Å²) in [6.07, 6.45) is 4.19. The van der Waals surface area contributed by atoms with Crippen molar-refractivity contribution in [2.45, 2.75) is 51.5 Å². The first-order valence-corrected chi connectivity index (χ1v) is 13.9. The standard InChI is InChI=1S/C29H37NO2Si/c1-29(2,3)33(26-19-11-7-12-20-26,27-21-13-8-14-22-27)32-24-16-5-4-15-23-30-28(31)25-17-9-6-10-18-25/h6-14,17-22H,4-5,15-16,23-24H2,1-3H3,(H,30,31). The molecule has 3 rings (SSSR count). The number of hydrogen-bond donors (Lipinski definition) is 1. The van der Waals surface area contributed by atoms with Crippen LogP contribution in [0.15, 0.2) is 91.0 Å². The first-order chi connectivity index (χ1) is 15.9. The van der Waals surface area contributed by atoms with Crippen LogP contribution in [0.5, 0.6) is 0 Å². The molecule has 0 saturated heterocycles. The quantitative estimate of drug-likeness (QED) is 0.301. The summed E-state index contributed by atoms with van der Waals surface area (Å²) in [5.74, 6) is 0.00520. The minimum Gasteiger partial charge on any atom is -0.407 e. The maximum atomic E-state index is 12.1. The number of nitrogens with one attached hydrogen (secondary N) is 1. The van der Waals surface area contributed by atoms with Gasteiger partial charge < -0.3 is 9.74 Å². The lowest BCUT2D eigenvalue weighted by Gasteiger charge is -2.43. The molecule has 3 aromatic rings. The van der Waals surface area contributed by atoms with Crippen LogP contribution in [0.3, 0.4) is 0 Å². The molecule has 0 aromatic heterocycles. The van der Waals surface area contributed by atoms with Gasteiger partial charge in [-0.2, -0.15) is 0 Å². The van der Waals surface area contributed by atoms with Crippen molar-refractivity contribution >= 4 is 24.6 Å². The Morgan fingerprint density at radius 3 is 1.73 bits per heavy atom. The van der Waals surface area contributed by atoms with Crippen LogP contribution < -0.4 is 15.7 Å². The highest BCUT2D eigenvalue weighted by Crippen LogP contribution is 2.36. The molecule has 33 heavy (non-hydrogen) atoms. The van der Waals surface area contributed by atoms with E-state index in [2.05, 4.69) is 86.8 Å². The molecule has 0 aliphatic carbocycles. The van der Waals surface area contributed by atoms with Gasteiger partial charge in [0.15, 0.2) is 0 Å². The van der Waals surface area contributed by atoms with Gasteiger partial charge in [0.2, 0.25) is 0 Å². The van der Waals surface area contributed by atoms with Gasteiger partial charge in [-0.3, -0.25) is 4.79 Å². The third kappa shape index (κ3) is 6.43. The fraction of sp³-hybridized carbons (Fsp3) is 0.345. The first-order valence-electron chi connectivity index (χ1n) is 12.0. The van der Waals surface area contributed by atoms with E-state index >= 15 is 0 Å². The lowest BCUT2D eigenvalue weighted by atomic mass is 10.2. The average Bonchev–Trinajstić information content (AvgIpc) is 2.84. The van der Waals surface area contributed by atoms with Gasteiger partial charge in [0.25, 0.3) is 14.2 Å². The van der Waals surface area contributed by atoms with E-state index in [1.54, 1.807) is 0 Å². The molecule has 1 N–H and O–H groups in total. The average molecular weight is 460 g/mol. The number of carbonyl (C=O) groups is 1. The highest BCUT2D eigenvalue weighted by Gasteiger charge is 2.49. The van der Waals surface area contributed by atoms with Crippen molar-refractivity contribution in [1.29, 1.82) is 0 Å². The second-order valence-corrected chi connectivity index (χ2v) is 13.9. The Hall–Kier alpha value is -2.69. The van der Waals surface area contributed by atoms with Gasteiger partial charge in [-0.05, 0) is 40.4 Å². The van der Waals surface area contributed by atoms with Gasteiger partial charge in [0.05, 0.1) is 0 Å². The smallest absolute Gasteiger partial charge is 0.261 e. The number of benzene rings is 3. The van der Waals surface area contributed by atoms with Crippen LogP contribution in [-0.2, 0) is 4.43 Å². The van der Waals surface area contributed by atoms with E-state index in [-0.39, 0.29) is 10.9 Å². The van der Waals surface area contributed by atoms with Crippen molar-refractivity contribution in [2.24, 2.45) is 0 Å². The third-order valence-corrected chi connectivity index (χ3v) is 11.2. The van der Waals surface area contributed by atoms with Crippen LogP contribution >= 0.6 is 0 Å². The fourth-order valence-corrected chi connectivity index (χ4v) is 9.07. The van der Waals surface area contributed by atoms with Gasteiger partial charge in [0.1, 0.15) is 0 Å². The lowest BCUT2D eigenvalue weighted by molar-refractivity contribution is 0.0953. The molecule has 0 aliphatic heterocycles. The molecule has 3 nitrogen and oxygen atoms in total. The largest absolute Gasteiger partial charge is 0.407 e. The van der Waals surface area contributed by atoms with Crippen molar-refractivity contribution < 1.29 is 9.22 Å². The second kappa shape index (κ2) is 12.0. The van der Waals surface area contributed by atoms with Crippen LogP contribution in [0.2, 0.25) is 5.04 Å². The van der Waals surface area contributed by atoms with E-state index < -0.39 is 8.32 Å². The Labute approximate surface area is 200 Å². The van der Waals surface area contributed by atoms with E-state index in [9.17, 15) is 4.79 Å². The SMILES string of the molecule is CC(C)(C)[Si](OCCCCCCNC(=O)c1ccccc1)(c1ccccc1)c1ccccc1. The summed E-state index contributed by atoms with van der Waals surface area (Å²) in [6, 6.07) is 31.0. The van der Waals surface area contributed by atoms with E-state index in [0.29, 0.717) is 6.54 Å². The van der Waals surface area contributed by atoms with Gasteiger partial charge in [0, 0.05) is 18.7 Å². The summed E-state index contributed by atoms with van der Waals surface area (Å²) in [5.41, 5.74) is 0.719. The Morgan fingerprint density at radius 1 is 0.727 bits per heavy atom. The molecule has 0 spiro atoms. The Morgan fingerprint density at radius 2 is 1.21 bits per heavy atom. The summed E-state index contributed by atoms with van der Waals surface area (Å²) in [7, 11) is -2.43. The highest BCUT2D eigenvalue weighted by molar-refractivity contribution is 6.99. The molecular weight excluding hydrogens is 422 g/mol. The maximum Gasteiger partial charge on any atom is 0.261 e. The number of hydrogen-bond acceptors (Lipinski definition) is 2. The number of unbranched alkanes of at least 4 members (excludes halogenated alkanes) is 3. The van der Waals surface area contributed by atoms with Crippen molar-refractivity contribution in [2.75, 3.05) is 13.2 Å². The maximum absolute atomic E-state index is 12.1. The van der Waals surface area contributed by atoms with Crippen LogP contribution in [0.4, 0.5) is 0 Å². The molecule has 0 fully saturated rings. The molecule has 0 saturated carbocycles. The fourth-order valence-electron chi connectivity index (χ4n) is 4.46.